The van der Waals surface area contributed by atoms with E-state index < -0.39 is 11.9 Å². The van der Waals surface area contributed by atoms with Gasteiger partial charge in [-0.25, -0.2) is 0 Å². The summed E-state index contributed by atoms with van der Waals surface area (Å²) in [7, 11) is 0. The third-order valence-electron chi connectivity index (χ3n) is 3.23. The predicted molar refractivity (Wildman–Crippen MR) is 72.1 cm³/mol. The van der Waals surface area contributed by atoms with Crippen LogP contribution in [0.15, 0.2) is 41.3 Å². The summed E-state index contributed by atoms with van der Waals surface area (Å²) in [4.78, 5) is 34.0. The smallest absolute Gasteiger partial charge is 0.310 e. The molecule has 1 amide bonds. The van der Waals surface area contributed by atoms with Gasteiger partial charge >= 0.3 is 5.97 Å². The Morgan fingerprint density at radius 2 is 2.15 bits per heavy atom. The number of rotatable bonds is 5. The first-order valence-corrected chi connectivity index (χ1v) is 6.42. The monoisotopic (exact) mass is 276 g/mol. The molecule has 1 aliphatic rings. The minimum Gasteiger partial charge on any atom is -0.481 e. The number of hydrogen-bond donors (Lipinski definition) is 2. The van der Waals surface area contributed by atoms with E-state index in [1.54, 1.807) is 30.5 Å². The zero-order valence-corrected chi connectivity index (χ0v) is 10.9. The third kappa shape index (κ3) is 3.57. The van der Waals surface area contributed by atoms with Crippen LogP contribution in [-0.2, 0) is 16.1 Å². The van der Waals surface area contributed by atoms with Gasteiger partial charge in [-0.15, -0.1) is 0 Å². The van der Waals surface area contributed by atoms with Crippen molar-refractivity contribution in [3.63, 3.8) is 0 Å². The van der Waals surface area contributed by atoms with E-state index in [-0.39, 0.29) is 23.9 Å². The summed E-state index contributed by atoms with van der Waals surface area (Å²) in [5, 5.41) is 11.6. The van der Waals surface area contributed by atoms with Crippen molar-refractivity contribution in [1.29, 1.82) is 0 Å². The number of carbonyl (C=O) groups excluding carboxylic acids is 1. The van der Waals surface area contributed by atoms with E-state index in [9.17, 15) is 14.4 Å². The molecule has 0 spiro atoms. The van der Waals surface area contributed by atoms with Crippen molar-refractivity contribution in [2.45, 2.75) is 25.4 Å². The van der Waals surface area contributed by atoms with Gasteiger partial charge < -0.3 is 15.0 Å². The number of nitrogens with zero attached hydrogens (tertiary/aromatic N) is 1. The van der Waals surface area contributed by atoms with Crippen molar-refractivity contribution >= 4 is 11.9 Å². The van der Waals surface area contributed by atoms with Gasteiger partial charge in [0.2, 0.25) is 5.91 Å². The largest absolute Gasteiger partial charge is 0.481 e. The van der Waals surface area contributed by atoms with E-state index in [1.165, 1.54) is 10.6 Å². The van der Waals surface area contributed by atoms with E-state index in [1.807, 2.05) is 0 Å². The first-order chi connectivity index (χ1) is 9.56. The molecule has 2 rings (SSSR count). The predicted octanol–water partition coefficient (Wildman–Crippen LogP) is 0.384. The van der Waals surface area contributed by atoms with E-state index in [0.29, 0.717) is 13.0 Å². The molecule has 1 aromatic heterocycles. The van der Waals surface area contributed by atoms with Crippen molar-refractivity contribution in [3.05, 3.63) is 46.9 Å². The zero-order valence-electron chi connectivity index (χ0n) is 10.9. The van der Waals surface area contributed by atoms with Gasteiger partial charge in [-0.05, 0) is 12.5 Å². The Hall–Kier alpha value is -2.37. The fourth-order valence-electron chi connectivity index (χ4n) is 2.14. The lowest BCUT2D eigenvalue weighted by Crippen LogP contribution is -2.34. The summed E-state index contributed by atoms with van der Waals surface area (Å²) in [6.07, 6.45) is 5.49. The van der Waals surface area contributed by atoms with Crippen molar-refractivity contribution < 1.29 is 14.7 Å². The Bertz CT molecular complexity index is 591. The summed E-state index contributed by atoms with van der Waals surface area (Å²) in [6, 6.07) is 4.58. The average Bonchev–Trinajstić information content (AvgIpc) is 2.86. The molecule has 1 heterocycles. The van der Waals surface area contributed by atoms with E-state index in [0.717, 1.165) is 0 Å². The van der Waals surface area contributed by atoms with Gasteiger partial charge in [-0.1, -0.05) is 18.2 Å². The van der Waals surface area contributed by atoms with Crippen LogP contribution in [0.3, 0.4) is 0 Å². The standard InChI is InChI=1S/C14H16N2O4/c17-12(6-8-16-7-2-1-3-13(16)18)15-11-5-4-10(9-11)14(19)20/h1-5,7,10-11H,6,8-9H2,(H,15,17)(H,19,20). The number of aryl methyl sites for hydroxylation is 1. The molecule has 0 aliphatic heterocycles. The van der Waals surface area contributed by atoms with E-state index in [2.05, 4.69) is 5.32 Å². The molecule has 0 aromatic carbocycles. The van der Waals surface area contributed by atoms with Crippen LogP contribution in [0.25, 0.3) is 0 Å². The highest BCUT2D eigenvalue weighted by Crippen LogP contribution is 2.17. The highest BCUT2D eigenvalue weighted by Gasteiger charge is 2.25. The first-order valence-electron chi connectivity index (χ1n) is 6.42. The zero-order chi connectivity index (χ0) is 14.5. The molecule has 2 atom stereocenters. The van der Waals surface area contributed by atoms with Gasteiger partial charge in [0.15, 0.2) is 0 Å². The van der Waals surface area contributed by atoms with Crippen molar-refractivity contribution in [1.82, 2.24) is 9.88 Å². The topological polar surface area (TPSA) is 88.4 Å². The van der Waals surface area contributed by atoms with Crippen LogP contribution >= 0.6 is 0 Å². The van der Waals surface area contributed by atoms with Gasteiger partial charge in [-0.2, -0.15) is 0 Å². The number of carboxylic acids is 1. The second-order valence-corrected chi connectivity index (χ2v) is 4.72. The fourth-order valence-corrected chi connectivity index (χ4v) is 2.14. The second kappa shape index (κ2) is 6.18. The highest BCUT2D eigenvalue weighted by atomic mass is 16.4. The number of aromatic nitrogens is 1. The molecule has 0 saturated carbocycles. The Balaban J connectivity index is 1.80. The number of hydrogen-bond acceptors (Lipinski definition) is 3. The molecule has 0 saturated heterocycles. The summed E-state index contributed by atoms with van der Waals surface area (Å²) in [5.41, 5.74) is -0.146. The van der Waals surface area contributed by atoms with Crippen LogP contribution in [0.1, 0.15) is 12.8 Å². The molecule has 0 bridgehead atoms. The Morgan fingerprint density at radius 3 is 2.80 bits per heavy atom. The molecule has 2 N–H and O–H groups in total. The van der Waals surface area contributed by atoms with Crippen LogP contribution in [0.4, 0.5) is 0 Å². The number of carbonyl (C=O) groups is 2. The summed E-state index contributed by atoms with van der Waals surface area (Å²) >= 11 is 0. The van der Waals surface area contributed by atoms with Crippen molar-refractivity contribution in [2.75, 3.05) is 0 Å². The van der Waals surface area contributed by atoms with Crippen LogP contribution in [0.2, 0.25) is 0 Å². The molecule has 0 fully saturated rings. The minimum absolute atomic E-state index is 0.146. The number of pyridine rings is 1. The van der Waals surface area contributed by atoms with Gasteiger partial charge in [-0.3, -0.25) is 14.4 Å². The maximum Gasteiger partial charge on any atom is 0.310 e. The van der Waals surface area contributed by atoms with E-state index in [4.69, 9.17) is 5.11 Å². The Morgan fingerprint density at radius 1 is 1.35 bits per heavy atom. The summed E-state index contributed by atoms with van der Waals surface area (Å²) < 4.78 is 1.46. The van der Waals surface area contributed by atoms with Crippen LogP contribution in [0.5, 0.6) is 0 Å². The van der Waals surface area contributed by atoms with Gasteiger partial charge in [0.05, 0.1) is 5.92 Å². The third-order valence-corrected chi connectivity index (χ3v) is 3.23. The number of nitrogens with one attached hydrogen (secondary N) is 1. The molecule has 20 heavy (non-hydrogen) atoms. The molecule has 1 aromatic rings. The quantitative estimate of drug-likeness (QED) is 0.761. The SMILES string of the molecule is O=C(CCn1ccccc1=O)NC1C=CC(C(=O)O)C1. The fraction of sp³-hybridized carbons (Fsp3) is 0.357. The number of amides is 1. The molecule has 6 heteroatoms. The molecule has 1 aliphatic carbocycles. The van der Waals surface area contributed by atoms with Crippen LogP contribution in [-0.4, -0.2) is 27.6 Å². The first kappa shape index (κ1) is 14.0. The molecule has 106 valence electrons. The lowest BCUT2D eigenvalue weighted by molar-refractivity contribution is -0.140. The molecular weight excluding hydrogens is 260 g/mol. The number of aliphatic carboxylic acids is 1. The van der Waals surface area contributed by atoms with Crippen LogP contribution < -0.4 is 10.9 Å². The second-order valence-electron chi connectivity index (χ2n) is 4.72. The maximum absolute atomic E-state index is 11.8. The molecule has 0 radical (unpaired) electrons. The number of carboxylic acid groups (broad SMARTS) is 1. The van der Waals surface area contributed by atoms with Gasteiger partial charge in [0.25, 0.3) is 5.56 Å². The normalized spacial score (nSPS) is 20.8. The maximum atomic E-state index is 11.8. The summed E-state index contributed by atoms with van der Waals surface area (Å²) in [5.74, 6) is -1.60. The Labute approximate surface area is 115 Å². The summed E-state index contributed by atoms with van der Waals surface area (Å²) in [6.45, 7) is 0.310. The van der Waals surface area contributed by atoms with E-state index >= 15 is 0 Å². The van der Waals surface area contributed by atoms with Crippen molar-refractivity contribution in [3.8, 4) is 0 Å². The molecule has 2 unspecified atom stereocenters. The van der Waals surface area contributed by atoms with Gasteiger partial charge in [0.1, 0.15) is 0 Å². The highest BCUT2D eigenvalue weighted by molar-refractivity contribution is 5.77. The lowest BCUT2D eigenvalue weighted by Gasteiger charge is -2.12. The van der Waals surface area contributed by atoms with Crippen LogP contribution in [0, 0.1) is 5.92 Å². The molecule has 6 nitrogen and oxygen atoms in total. The minimum atomic E-state index is -0.881. The van der Waals surface area contributed by atoms with Crippen molar-refractivity contribution in [2.24, 2.45) is 5.92 Å². The average molecular weight is 276 g/mol. The lowest BCUT2D eigenvalue weighted by atomic mass is 10.1. The van der Waals surface area contributed by atoms with Gasteiger partial charge in [0, 0.05) is 31.3 Å². The Kier molecular flexibility index (Phi) is 4.34. The molecular formula is C14H16N2O4.